The maximum Gasteiger partial charge on any atom is 0.416 e. The minimum Gasteiger partial charge on any atom is -0.367 e. The number of halogens is 5. The van der Waals surface area contributed by atoms with Crippen LogP contribution in [0.1, 0.15) is 54.6 Å². The lowest BCUT2D eigenvalue weighted by Crippen LogP contribution is -2.44. The van der Waals surface area contributed by atoms with Crippen LogP contribution in [0.5, 0.6) is 0 Å². The van der Waals surface area contributed by atoms with E-state index in [0.29, 0.717) is 59.6 Å². The highest BCUT2D eigenvalue weighted by atomic mass is 19.4. The van der Waals surface area contributed by atoms with Gasteiger partial charge in [0.15, 0.2) is 0 Å². The molecule has 6 nitrogen and oxygen atoms in total. The Morgan fingerprint density at radius 2 is 1.73 bits per heavy atom. The summed E-state index contributed by atoms with van der Waals surface area (Å²) in [5, 5.41) is 4.11. The van der Waals surface area contributed by atoms with Crippen LogP contribution in [0, 0.1) is 11.6 Å². The zero-order chi connectivity index (χ0) is 29.3. The summed E-state index contributed by atoms with van der Waals surface area (Å²) in [6.07, 6.45) is 0.568. The number of aryl methyl sites for hydroxylation is 1. The first kappa shape index (κ1) is 28.8. The quantitative estimate of drug-likeness (QED) is 0.215. The zero-order valence-corrected chi connectivity index (χ0v) is 23.1. The summed E-state index contributed by atoms with van der Waals surface area (Å²) in [5.74, 6) is -0.692. The van der Waals surface area contributed by atoms with Crippen LogP contribution in [0.25, 0.3) is 11.1 Å². The molecule has 1 fully saturated rings. The van der Waals surface area contributed by atoms with E-state index in [1.54, 1.807) is 17.2 Å². The van der Waals surface area contributed by atoms with Crippen LogP contribution in [-0.4, -0.2) is 48.3 Å². The molecule has 2 aliphatic rings. The third-order valence-electron chi connectivity index (χ3n) is 7.58. The number of piperazine rings is 1. The second kappa shape index (κ2) is 11.6. The molecule has 0 spiro atoms. The number of unbranched alkanes of at least 4 members (excludes halogenated alkanes) is 2. The molecule has 0 unspecified atom stereocenters. The van der Waals surface area contributed by atoms with Gasteiger partial charge in [0, 0.05) is 55.5 Å². The highest BCUT2D eigenvalue weighted by Gasteiger charge is 2.32. The molecule has 1 aromatic heterocycles. The standard InChI is InChI=1S/C30H32F5N5O/c1-4-5-6-7-28-36-29(37-41-28)23-18-40(17-20-8-9-21(14-24(20)31)30(33,34)35)26-16-27(25(32)15-22(26)19(23)2)39-12-10-38(3)11-13-39/h8-9,14-16,18H,2,4-7,10-13,17H2,1,3H3. The largest absolute Gasteiger partial charge is 0.416 e. The average molecular weight is 574 g/mol. The Morgan fingerprint density at radius 1 is 0.976 bits per heavy atom. The van der Waals surface area contributed by atoms with E-state index in [2.05, 4.69) is 28.5 Å². The molecule has 0 saturated carbocycles. The molecule has 41 heavy (non-hydrogen) atoms. The van der Waals surface area contributed by atoms with Gasteiger partial charge < -0.3 is 19.2 Å². The van der Waals surface area contributed by atoms with Gasteiger partial charge in [0.05, 0.1) is 23.5 Å². The summed E-state index contributed by atoms with van der Waals surface area (Å²) >= 11 is 0. The Morgan fingerprint density at radius 3 is 2.41 bits per heavy atom. The zero-order valence-electron chi connectivity index (χ0n) is 23.1. The van der Waals surface area contributed by atoms with Crippen LogP contribution in [-0.2, 0) is 19.1 Å². The van der Waals surface area contributed by atoms with Crippen molar-refractivity contribution in [3.8, 4) is 0 Å². The topological polar surface area (TPSA) is 48.6 Å². The third-order valence-corrected chi connectivity index (χ3v) is 7.58. The summed E-state index contributed by atoms with van der Waals surface area (Å²) in [4.78, 5) is 10.3. The molecule has 2 aromatic carbocycles. The maximum atomic E-state index is 15.6. The van der Waals surface area contributed by atoms with Crippen LogP contribution in [0.3, 0.4) is 0 Å². The van der Waals surface area contributed by atoms with Gasteiger partial charge in [-0.1, -0.05) is 37.6 Å². The van der Waals surface area contributed by atoms with Gasteiger partial charge in [0.25, 0.3) is 0 Å². The van der Waals surface area contributed by atoms with Gasteiger partial charge in [0.2, 0.25) is 11.7 Å². The third kappa shape index (κ3) is 6.14. The summed E-state index contributed by atoms with van der Waals surface area (Å²) < 4.78 is 75.4. The summed E-state index contributed by atoms with van der Waals surface area (Å²) in [6, 6.07) is 5.57. The van der Waals surface area contributed by atoms with Gasteiger partial charge >= 0.3 is 6.18 Å². The predicted molar refractivity (Wildman–Crippen MR) is 148 cm³/mol. The molecule has 0 aliphatic carbocycles. The molecule has 11 heteroatoms. The van der Waals surface area contributed by atoms with Gasteiger partial charge in [-0.05, 0) is 43.3 Å². The highest BCUT2D eigenvalue weighted by molar-refractivity contribution is 6.08. The maximum absolute atomic E-state index is 15.6. The number of allylic oxidation sites excluding steroid dienone is 2. The Bertz CT molecular complexity index is 1460. The molecule has 1 saturated heterocycles. The molecule has 2 aliphatic heterocycles. The van der Waals surface area contributed by atoms with Crippen molar-refractivity contribution < 1.29 is 26.5 Å². The molecule has 5 rings (SSSR count). The number of hydrogen-bond donors (Lipinski definition) is 0. The van der Waals surface area contributed by atoms with Crippen molar-refractivity contribution in [2.75, 3.05) is 43.0 Å². The molecule has 0 bridgehead atoms. The highest BCUT2D eigenvalue weighted by Crippen LogP contribution is 2.43. The minimum absolute atomic E-state index is 0.0471. The molecule has 3 aromatic rings. The molecule has 0 radical (unpaired) electrons. The number of benzene rings is 2. The lowest BCUT2D eigenvalue weighted by atomic mass is 9.92. The first-order valence-corrected chi connectivity index (χ1v) is 13.7. The van der Waals surface area contributed by atoms with Crippen LogP contribution in [0.15, 0.2) is 47.6 Å². The Labute approximate surface area is 235 Å². The molecule has 0 amide bonds. The number of hydrogen-bond acceptors (Lipinski definition) is 6. The van der Waals surface area contributed by atoms with E-state index in [-0.39, 0.29) is 17.9 Å². The van der Waals surface area contributed by atoms with Gasteiger partial charge in [-0.3, -0.25) is 0 Å². The molecule has 0 atom stereocenters. The van der Waals surface area contributed by atoms with Crippen LogP contribution >= 0.6 is 0 Å². The van der Waals surface area contributed by atoms with Crippen molar-refractivity contribution in [1.29, 1.82) is 0 Å². The van der Waals surface area contributed by atoms with Gasteiger partial charge in [0.1, 0.15) is 11.6 Å². The van der Waals surface area contributed by atoms with Crippen molar-refractivity contribution in [3.63, 3.8) is 0 Å². The number of fused-ring (bicyclic) bond motifs is 1. The Kier molecular flexibility index (Phi) is 8.17. The van der Waals surface area contributed by atoms with Gasteiger partial charge in [-0.15, -0.1) is 0 Å². The minimum atomic E-state index is -4.66. The van der Waals surface area contributed by atoms with Crippen molar-refractivity contribution >= 4 is 22.5 Å². The smallest absolute Gasteiger partial charge is 0.367 e. The Hall–Kier alpha value is -3.73. The Balaban J connectivity index is 1.54. The SMILES string of the molecule is C=C1C(c2noc(CCCCC)n2)=CN(Cc2ccc(C(F)(F)F)cc2F)c2cc(N3CCN(C)CC3)c(F)cc21. The van der Waals surface area contributed by atoms with E-state index in [1.807, 2.05) is 11.9 Å². The van der Waals surface area contributed by atoms with Crippen molar-refractivity contribution in [1.82, 2.24) is 15.0 Å². The van der Waals surface area contributed by atoms with E-state index >= 15 is 4.39 Å². The number of nitrogens with zero attached hydrogens (tertiary/aromatic N) is 5. The van der Waals surface area contributed by atoms with Crippen LogP contribution in [0.2, 0.25) is 0 Å². The first-order chi connectivity index (χ1) is 19.5. The second-order valence-electron chi connectivity index (χ2n) is 10.5. The fraction of sp³-hybridized carbons (Fsp3) is 0.400. The number of alkyl halides is 3. The van der Waals surface area contributed by atoms with Gasteiger partial charge in [-0.2, -0.15) is 18.2 Å². The number of likely N-dealkylation sites (N-methyl/N-ethyl adjacent to an activating group) is 1. The summed E-state index contributed by atoms with van der Waals surface area (Å²) in [5.41, 5.74) is 1.32. The van der Waals surface area contributed by atoms with Gasteiger partial charge in [-0.25, -0.2) is 8.78 Å². The van der Waals surface area contributed by atoms with E-state index < -0.39 is 23.4 Å². The van der Waals surface area contributed by atoms with E-state index in [0.717, 1.165) is 44.5 Å². The second-order valence-corrected chi connectivity index (χ2v) is 10.5. The summed E-state index contributed by atoms with van der Waals surface area (Å²) in [7, 11) is 2.00. The van der Waals surface area contributed by atoms with E-state index in [4.69, 9.17) is 4.52 Å². The normalized spacial score (nSPS) is 16.3. The fourth-order valence-electron chi connectivity index (χ4n) is 5.12. The van der Waals surface area contributed by atoms with E-state index in [9.17, 15) is 17.6 Å². The monoisotopic (exact) mass is 573 g/mol. The van der Waals surface area contributed by atoms with E-state index in [1.165, 1.54) is 6.07 Å². The number of anilines is 2. The molecular weight excluding hydrogens is 541 g/mol. The molecule has 0 N–H and O–H groups in total. The number of rotatable bonds is 8. The molecule has 218 valence electrons. The predicted octanol–water partition coefficient (Wildman–Crippen LogP) is 6.93. The van der Waals surface area contributed by atoms with Crippen molar-refractivity contribution in [2.24, 2.45) is 0 Å². The first-order valence-electron chi connectivity index (χ1n) is 13.7. The van der Waals surface area contributed by atoms with Crippen molar-refractivity contribution in [3.05, 3.63) is 83.2 Å². The van der Waals surface area contributed by atoms with Crippen molar-refractivity contribution in [2.45, 2.75) is 45.3 Å². The summed E-state index contributed by atoms with van der Waals surface area (Å²) in [6.45, 7) is 8.97. The number of aromatic nitrogens is 2. The molecule has 3 heterocycles. The average Bonchev–Trinajstić information content (AvgIpc) is 3.40. The fourth-order valence-corrected chi connectivity index (χ4v) is 5.12. The van der Waals surface area contributed by atoms with Crippen LogP contribution in [0.4, 0.5) is 33.3 Å². The lowest BCUT2D eigenvalue weighted by Gasteiger charge is -2.36. The molecular formula is C30H32F5N5O. The van der Waals surface area contributed by atoms with Crippen LogP contribution < -0.4 is 9.80 Å². The lowest BCUT2D eigenvalue weighted by molar-refractivity contribution is -0.137.